The van der Waals surface area contributed by atoms with E-state index in [4.69, 9.17) is 4.74 Å². The van der Waals surface area contributed by atoms with Crippen LogP contribution in [-0.2, 0) is 10.1 Å². The Balaban J connectivity index is 2.24. The molecule has 0 radical (unpaired) electrons. The number of ether oxygens (including phenoxy) is 1. The standard InChI is InChI=1S/C12H14BrNO/c1-12(2)8-15-11(14-12)10-5-3-9(7-13)4-6-10/h3-6H,7-8H2,1-2H3. The highest BCUT2D eigenvalue weighted by atomic mass is 79.9. The fourth-order valence-corrected chi connectivity index (χ4v) is 1.84. The number of halogens is 1. The minimum Gasteiger partial charge on any atom is -0.475 e. The summed E-state index contributed by atoms with van der Waals surface area (Å²) in [5.74, 6) is 0.765. The first-order chi connectivity index (χ1) is 7.11. The van der Waals surface area contributed by atoms with Crippen LogP contribution in [-0.4, -0.2) is 18.0 Å². The van der Waals surface area contributed by atoms with Crippen molar-refractivity contribution in [2.24, 2.45) is 4.99 Å². The molecular weight excluding hydrogens is 254 g/mol. The molecule has 1 aromatic rings. The molecule has 0 aromatic heterocycles. The van der Waals surface area contributed by atoms with Gasteiger partial charge in [0.05, 0.1) is 5.54 Å². The molecule has 0 saturated heterocycles. The molecule has 3 heteroatoms. The van der Waals surface area contributed by atoms with Gasteiger partial charge in [-0.3, -0.25) is 0 Å². The second-order valence-electron chi connectivity index (χ2n) is 4.35. The van der Waals surface area contributed by atoms with Crippen LogP contribution in [0, 0.1) is 0 Å². The maximum absolute atomic E-state index is 5.57. The van der Waals surface area contributed by atoms with Crippen molar-refractivity contribution >= 4 is 21.8 Å². The predicted molar refractivity (Wildman–Crippen MR) is 65.6 cm³/mol. The number of hydrogen-bond acceptors (Lipinski definition) is 2. The molecule has 0 unspecified atom stereocenters. The van der Waals surface area contributed by atoms with E-state index in [1.165, 1.54) is 5.56 Å². The van der Waals surface area contributed by atoms with E-state index in [2.05, 4.69) is 59.0 Å². The van der Waals surface area contributed by atoms with Gasteiger partial charge in [-0.2, -0.15) is 0 Å². The summed E-state index contributed by atoms with van der Waals surface area (Å²) in [5.41, 5.74) is 2.24. The van der Waals surface area contributed by atoms with Crippen LogP contribution in [0.1, 0.15) is 25.0 Å². The van der Waals surface area contributed by atoms with Crippen molar-refractivity contribution in [3.63, 3.8) is 0 Å². The zero-order valence-electron chi connectivity index (χ0n) is 8.96. The summed E-state index contributed by atoms with van der Waals surface area (Å²) in [4.78, 5) is 4.53. The van der Waals surface area contributed by atoms with Gasteiger partial charge in [-0.05, 0) is 31.5 Å². The molecule has 80 valence electrons. The average Bonchev–Trinajstić information content (AvgIpc) is 2.59. The van der Waals surface area contributed by atoms with E-state index in [-0.39, 0.29) is 5.54 Å². The Kier molecular flexibility index (Phi) is 2.83. The lowest BCUT2D eigenvalue weighted by Crippen LogP contribution is -2.17. The molecule has 0 spiro atoms. The lowest BCUT2D eigenvalue weighted by Gasteiger charge is -2.07. The second kappa shape index (κ2) is 3.97. The summed E-state index contributed by atoms with van der Waals surface area (Å²) in [5, 5.41) is 0.881. The topological polar surface area (TPSA) is 21.6 Å². The van der Waals surface area contributed by atoms with Crippen LogP contribution in [0.25, 0.3) is 0 Å². The highest BCUT2D eigenvalue weighted by Crippen LogP contribution is 2.21. The number of hydrogen-bond donors (Lipinski definition) is 0. The third kappa shape index (κ3) is 2.40. The minimum absolute atomic E-state index is 0.0799. The summed E-state index contributed by atoms with van der Waals surface area (Å²) in [6.07, 6.45) is 0. The van der Waals surface area contributed by atoms with Crippen LogP contribution in [0.5, 0.6) is 0 Å². The van der Waals surface area contributed by atoms with Gasteiger partial charge in [-0.1, -0.05) is 28.1 Å². The van der Waals surface area contributed by atoms with E-state index in [1.807, 2.05) is 0 Å². The second-order valence-corrected chi connectivity index (χ2v) is 4.91. The average molecular weight is 268 g/mol. The van der Waals surface area contributed by atoms with Gasteiger partial charge in [-0.15, -0.1) is 0 Å². The van der Waals surface area contributed by atoms with Crippen LogP contribution in [0.2, 0.25) is 0 Å². The number of benzene rings is 1. The normalized spacial score (nSPS) is 18.5. The minimum atomic E-state index is -0.0799. The first kappa shape index (κ1) is 10.7. The molecular formula is C12H14BrNO. The molecule has 0 N–H and O–H groups in total. The molecule has 1 aliphatic rings. The van der Waals surface area contributed by atoms with Gasteiger partial charge in [-0.25, -0.2) is 4.99 Å². The molecule has 1 heterocycles. The SMILES string of the molecule is CC1(C)COC(c2ccc(CBr)cc2)=N1. The number of nitrogens with zero attached hydrogens (tertiary/aromatic N) is 1. The first-order valence-electron chi connectivity index (χ1n) is 4.99. The van der Waals surface area contributed by atoms with E-state index < -0.39 is 0 Å². The van der Waals surface area contributed by atoms with Crippen molar-refractivity contribution in [2.45, 2.75) is 24.7 Å². The zero-order chi connectivity index (χ0) is 10.9. The maximum atomic E-state index is 5.57. The van der Waals surface area contributed by atoms with Gasteiger partial charge < -0.3 is 4.74 Å². The quantitative estimate of drug-likeness (QED) is 0.755. The Morgan fingerprint density at radius 3 is 2.47 bits per heavy atom. The Labute approximate surface area is 98.5 Å². The van der Waals surface area contributed by atoms with Gasteiger partial charge in [0, 0.05) is 10.9 Å². The van der Waals surface area contributed by atoms with Crippen molar-refractivity contribution < 1.29 is 4.74 Å². The monoisotopic (exact) mass is 267 g/mol. The number of rotatable bonds is 2. The van der Waals surface area contributed by atoms with Gasteiger partial charge in [0.1, 0.15) is 6.61 Å². The lowest BCUT2D eigenvalue weighted by molar-refractivity contribution is 0.279. The van der Waals surface area contributed by atoms with Crippen molar-refractivity contribution in [3.8, 4) is 0 Å². The molecule has 0 bridgehead atoms. The predicted octanol–water partition coefficient (Wildman–Crippen LogP) is 3.14. The third-order valence-corrected chi connectivity index (χ3v) is 2.97. The van der Waals surface area contributed by atoms with Crippen molar-refractivity contribution in [3.05, 3.63) is 35.4 Å². The van der Waals surface area contributed by atoms with Crippen molar-refractivity contribution in [1.82, 2.24) is 0 Å². The molecule has 0 atom stereocenters. The molecule has 2 rings (SSSR count). The maximum Gasteiger partial charge on any atom is 0.216 e. The van der Waals surface area contributed by atoms with E-state index in [1.54, 1.807) is 0 Å². The van der Waals surface area contributed by atoms with Crippen LogP contribution >= 0.6 is 15.9 Å². The van der Waals surface area contributed by atoms with Gasteiger partial charge in [0.2, 0.25) is 5.90 Å². The molecule has 1 aromatic carbocycles. The van der Waals surface area contributed by atoms with E-state index in [0.717, 1.165) is 16.8 Å². The van der Waals surface area contributed by atoms with Gasteiger partial charge in [0.15, 0.2) is 0 Å². The summed E-state index contributed by atoms with van der Waals surface area (Å²) >= 11 is 3.42. The molecule has 15 heavy (non-hydrogen) atoms. The molecule has 0 aliphatic carbocycles. The van der Waals surface area contributed by atoms with Crippen LogP contribution in [0.15, 0.2) is 29.3 Å². The van der Waals surface area contributed by atoms with Crippen LogP contribution in [0.3, 0.4) is 0 Å². The summed E-state index contributed by atoms with van der Waals surface area (Å²) in [6.45, 7) is 4.82. The van der Waals surface area contributed by atoms with Gasteiger partial charge >= 0.3 is 0 Å². The molecule has 2 nitrogen and oxygen atoms in total. The third-order valence-electron chi connectivity index (χ3n) is 2.32. The molecule has 0 amide bonds. The highest BCUT2D eigenvalue weighted by Gasteiger charge is 2.26. The lowest BCUT2D eigenvalue weighted by atomic mass is 10.1. The van der Waals surface area contributed by atoms with E-state index >= 15 is 0 Å². The van der Waals surface area contributed by atoms with Crippen LogP contribution in [0.4, 0.5) is 0 Å². The summed E-state index contributed by atoms with van der Waals surface area (Å²) in [6, 6.07) is 8.27. The van der Waals surface area contributed by atoms with Crippen molar-refractivity contribution in [1.29, 1.82) is 0 Å². The molecule has 1 aliphatic heterocycles. The molecule has 0 fully saturated rings. The largest absolute Gasteiger partial charge is 0.475 e. The summed E-state index contributed by atoms with van der Waals surface area (Å²) in [7, 11) is 0. The Morgan fingerprint density at radius 2 is 2.00 bits per heavy atom. The molecule has 0 saturated carbocycles. The fraction of sp³-hybridized carbons (Fsp3) is 0.417. The number of aliphatic imine (C=N–C) groups is 1. The van der Waals surface area contributed by atoms with E-state index in [0.29, 0.717) is 6.61 Å². The van der Waals surface area contributed by atoms with Gasteiger partial charge in [0.25, 0.3) is 0 Å². The van der Waals surface area contributed by atoms with Crippen LogP contribution < -0.4 is 0 Å². The Morgan fingerprint density at radius 1 is 1.33 bits per heavy atom. The Hall–Kier alpha value is -0.830. The smallest absolute Gasteiger partial charge is 0.216 e. The fourth-order valence-electron chi connectivity index (χ4n) is 1.47. The first-order valence-corrected chi connectivity index (χ1v) is 6.11. The highest BCUT2D eigenvalue weighted by molar-refractivity contribution is 9.08. The Bertz CT molecular complexity index is 381. The zero-order valence-corrected chi connectivity index (χ0v) is 10.5. The van der Waals surface area contributed by atoms with E-state index in [9.17, 15) is 0 Å². The van der Waals surface area contributed by atoms with Crippen molar-refractivity contribution in [2.75, 3.05) is 6.61 Å². The summed E-state index contributed by atoms with van der Waals surface area (Å²) < 4.78 is 5.57. The number of alkyl halides is 1.